The van der Waals surface area contributed by atoms with E-state index in [1.807, 2.05) is 42.7 Å². The minimum Gasteiger partial charge on any atom is -0.495 e. The standard InChI is InChI=1S/C21H24BrN3O4S/c1-5-25-18(13-23-21(25)29-17-9-6-14(2)7-10-17)15(3)24-30(26,27)20-12-16(22)8-11-19(20)28-4/h6-13,15,24H,5H2,1-4H3. The second kappa shape index (κ2) is 9.20. The summed E-state index contributed by atoms with van der Waals surface area (Å²) in [7, 11) is -2.40. The lowest BCUT2D eigenvalue weighted by atomic mass is 10.2. The lowest BCUT2D eigenvalue weighted by Crippen LogP contribution is -2.28. The highest BCUT2D eigenvalue weighted by molar-refractivity contribution is 9.10. The highest BCUT2D eigenvalue weighted by Gasteiger charge is 2.25. The van der Waals surface area contributed by atoms with Crippen LogP contribution >= 0.6 is 15.9 Å². The monoisotopic (exact) mass is 493 g/mol. The molecule has 2 aromatic carbocycles. The molecule has 1 N–H and O–H groups in total. The molecule has 0 aliphatic rings. The van der Waals surface area contributed by atoms with Gasteiger partial charge >= 0.3 is 6.01 Å². The Labute approximate surface area is 185 Å². The third-order valence-corrected chi connectivity index (χ3v) is 6.64. The molecule has 30 heavy (non-hydrogen) atoms. The molecule has 0 saturated heterocycles. The van der Waals surface area contributed by atoms with E-state index in [0.29, 0.717) is 28.5 Å². The first-order valence-electron chi connectivity index (χ1n) is 9.41. The number of nitrogens with one attached hydrogen (secondary N) is 1. The zero-order valence-electron chi connectivity index (χ0n) is 17.2. The van der Waals surface area contributed by atoms with Gasteiger partial charge in [0.15, 0.2) is 0 Å². The summed E-state index contributed by atoms with van der Waals surface area (Å²) in [6.45, 7) is 6.29. The van der Waals surface area contributed by atoms with Crippen molar-refractivity contribution in [1.29, 1.82) is 0 Å². The van der Waals surface area contributed by atoms with Crippen LogP contribution in [0.1, 0.15) is 31.1 Å². The molecule has 0 spiro atoms. The van der Waals surface area contributed by atoms with Gasteiger partial charge < -0.3 is 9.47 Å². The first-order valence-corrected chi connectivity index (χ1v) is 11.7. The normalized spacial score (nSPS) is 12.6. The van der Waals surface area contributed by atoms with Crippen molar-refractivity contribution in [2.45, 2.75) is 38.3 Å². The second-order valence-corrected chi connectivity index (χ2v) is 9.36. The Hall–Kier alpha value is -2.36. The minimum atomic E-state index is -3.84. The fraction of sp³-hybridized carbons (Fsp3) is 0.286. The topological polar surface area (TPSA) is 82.5 Å². The van der Waals surface area contributed by atoms with Crippen molar-refractivity contribution in [1.82, 2.24) is 14.3 Å². The van der Waals surface area contributed by atoms with Gasteiger partial charge in [0.1, 0.15) is 16.4 Å². The molecular weight excluding hydrogens is 470 g/mol. The fourth-order valence-electron chi connectivity index (χ4n) is 3.04. The van der Waals surface area contributed by atoms with E-state index in [1.54, 1.807) is 25.3 Å². The van der Waals surface area contributed by atoms with Crippen molar-refractivity contribution >= 4 is 26.0 Å². The smallest absolute Gasteiger partial charge is 0.302 e. The fourth-order valence-corrected chi connectivity index (χ4v) is 4.97. The van der Waals surface area contributed by atoms with Gasteiger partial charge in [-0.25, -0.2) is 18.1 Å². The molecule has 7 nitrogen and oxygen atoms in total. The van der Waals surface area contributed by atoms with Crippen LogP contribution in [-0.4, -0.2) is 25.1 Å². The van der Waals surface area contributed by atoms with Crippen LogP contribution in [0.5, 0.6) is 17.5 Å². The average molecular weight is 494 g/mol. The van der Waals surface area contributed by atoms with Crippen molar-refractivity contribution in [3.8, 4) is 17.5 Å². The van der Waals surface area contributed by atoms with Crippen LogP contribution in [0.2, 0.25) is 0 Å². The van der Waals surface area contributed by atoms with Gasteiger partial charge in [-0.05, 0) is 51.1 Å². The molecule has 3 aromatic rings. The van der Waals surface area contributed by atoms with Crippen LogP contribution in [0.4, 0.5) is 0 Å². The molecule has 0 saturated carbocycles. The number of methoxy groups -OCH3 is 1. The Balaban J connectivity index is 1.86. The van der Waals surface area contributed by atoms with Gasteiger partial charge in [-0.15, -0.1) is 0 Å². The van der Waals surface area contributed by atoms with Crippen LogP contribution in [0.3, 0.4) is 0 Å². The number of ether oxygens (including phenoxy) is 2. The summed E-state index contributed by atoms with van der Waals surface area (Å²) in [4.78, 5) is 4.41. The molecule has 0 aliphatic heterocycles. The molecular formula is C21H24BrN3O4S. The van der Waals surface area contributed by atoms with Crippen molar-refractivity contribution in [2.24, 2.45) is 0 Å². The number of hydrogen-bond donors (Lipinski definition) is 1. The van der Waals surface area contributed by atoms with Gasteiger partial charge in [-0.3, -0.25) is 4.57 Å². The zero-order chi connectivity index (χ0) is 21.9. The van der Waals surface area contributed by atoms with Crippen LogP contribution in [0, 0.1) is 6.92 Å². The van der Waals surface area contributed by atoms with Gasteiger partial charge in [0.05, 0.1) is 25.0 Å². The molecule has 9 heteroatoms. The van der Waals surface area contributed by atoms with E-state index in [4.69, 9.17) is 9.47 Å². The summed E-state index contributed by atoms with van der Waals surface area (Å²) in [6.07, 6.45) is 1.62. The first-order chi connectivity index (χ1) is 14.2. The summed E-state index contributed by atoms with van der Waals surface area (Å²) >= 11 is 3.31. The van der Waals surface area contributed by atoms with E-state index in [-0.39, 0.29) is 10.6 Å². The lowest BCUT2D eigenvalue weighted by Gasteiger charge is -2.18. The maximum absolute atomic E-state index is 13.0. The van der Waals surface area contributed by atoms with Gasteiger partial charge in [-0.1, -0.05) is 33.6 Å². The quantitative estimate of drug-likeness (QED) is 0.486. The Kier molecular flexibility index (Phi) is 6.84. The number of benzene rings is 2. The number of sulfonamides is 1. The van der Waals surface area contributed by atoms with Gasteiger partial charge in [-0.2, -0.15) is 0 Å². The van der Waals surface area contributed by atoms with Gasteiger partial charge in [0.2, 0.25) is 10.0 Å². The molecule has 1 aromatic heterocycles. The van der Waals surface area contributed by atoms with E-state index in [2.05, 4.69) is 25.6 Å². The number of imidazole rings is 1. The van der Waals surface area contributed by atoms with Crippen LogP contribution < -0.4 is 14.2 Å². The van der Waals surface area contributed by atoms with Crippen molar-refractivity contribution in [3.05, 3.63) is 64.4 Å². The summed E-state index contributed by atoms with van der Waals surface area (Å²) < 4.78 is 42.3. The molecule has 3 rings (SSSR count). The third-order valence-electron chi connectivity index (χ3n) is 4.59. The highest BCUT2D eigenvalue weighted by Crippen LogP contribution is 2.30. The van der Waals surface area contributed by atoms with E-state index in [9.17, 15) is 8.42 Å². The van der Waals surface area contributed by atoms with Crippen LogP contribution in [0.25, 0.3) is 0 Å². The van der Waals surface area contributed by atoms with Crippen LogP contribution in [0.15, 0.2) is 58.0 Å². The third kappa shape index (κ3) is 4.85. The number of aromatic nitrogens is 2. The minimum absolute atomic E-state index is 0.0601. The summed E-state index contributed by atoms with van der Waals surface area (Å²) in [5.41, 5.74) is 1.82. The maximum atomic E-state index is 13.0. The SMILES string of the molecule is CCn1c(C(C)NS(=O)(=O)c2cc(Br)ccc2OC)cnc1Oc1ccc(C)cc1. The molecule has 0 radical (unpaired) electrons. The van der Waals surface area contributed by atoms with Gasteiger partial charge in [0.25, 0.3) is 0 Å². The van der Waals surface area contributed by atoms with Crippen molar-refractivity contribution in [2.75, 3.05) is 7.11 Å². The maximum Gasteiger partial charge on any atom is 0.302 e. The Bertz CT molecular complexity index is 1130. The molecule has 1 unspecified atom stereocenters. The molecule has 1 atom stereocenters. The molecule has 160 valence electrons. The predicted octanol–water partition coefficient (Wildman–Crippen LogP) is 4.81. The number of nitrogens with zero attached hydrogens (tertiary/aromatic N) is 2. The Morgan fingerprint density at radius 3 is 2.53 bits per heavy atom. The predicted molar refractivity (Wildman–Crippen MR) is 119 cm³/mol. The molecule has 0 amide bonds. The number of rotatable bonds is 8. The largest absolute Gasteiger partial charge is 0.495 e. The molecule has 0 fully saturated rings. The summed E-state index contributed by atoms with van der Waals surface area (Å²) in [5.74, 6) is 0.935. The lowest BCUT2D eigenvalue weighted by molar-refractivity contribution is 0.401. The van der Waals surface area contributed by atoms with E-state index < -0.39 is 16.1 Å². The zero-order valence-corrected chi connectivity index (χ0v) is 19.6. The first kappa shape index (κ1) is 22.3. The number of aryl methyl sites for hydroxylation is 1. The average Bonchev–Trinajstić information content (AvgIpc) is 3.12. The van der Waals surface area contributed by atoms with E-state index in [0.717, 1.165) is 5.56 Å². The van der Waals surface area contributed by atoms with Gasteiger partial charge in [0, 0.05) is 11.0 Å². The van der Waals surface area contributed by atoms with Crippen molar-refractivity contribution in [3.63, 3.8) is 0 Å². The molecule has 0 bridgehead atoms. The summed E-state index contributed by atoms with van der Waals surface area (Å²) in [6, 6.07) is 12.4. The Morgan fingerprint density at radius 1 is 1.20 bits per heavy atom. The Morgan fingerprint density at radius 2 is 1.90 bits per heavy atom. The van der Waals surface area contributed by atoms with E-state index >= 15 is 0 Å². The van der Waals surface area contributed by atoms with Crippen molar-refractivity contribution < 1.29 is 17.9 Å². The van der Waals surface area contributed by atoms with E-state index in [1.165, 1.54) is 13.2 Å². The second-order valence-electron chi connectivity index (χ2n) is 6.76. The number of hydrogen-bond acceptors (Lipinski definition) is 5. The number of halogens is 1. The molecule has 1 heterocycles. The summed E-state index contributed by atoms with van der Waals surface area (Å²) in [5, 5.41) is 0. The van der Waals surface area contributed by atoms with Crippen LogP contribution in [-0.2, 0) is 16.6 Å². The highest BCUT2D eigenvalue weighted by atomic mass is 79.9. The molecule has 0 aliphatic carbocycles.